The molecule has 0 aliphatic carbocycles. The lowest BCUT2D eigenvalue weighted by atomic mass is 9.90. The largest absolute Gasteiger partial charge is 0.493 e. The number of benzene rings is 1. The summed E-state index contributed by atoms with van der Waals surface area (Å²) < 4.78 is 15.6. The number of methoxy groups -OCH3 is 2. The Morgan fingerprint density at radius 3 is 2.43 bits per heavy atom. The van der Waals surface area contributed by atoms with E-state index < -0.39 is 5.54 Å². The minimum atomic E-state index is -0.870. The lowest BCUT2D eigenvalue weighted by Gasteiger charge is -2.31. The summed E-state index contributed by atoms with van der Waals surface area (Å²) >= 11 is 0. The summed E-state index contributed by atoms with van der Waals surface area (Å²) in [5, 5.41) is 2.82. The maximum absolute atomic E-state index is 12.3. The topological polar surface area (TPSA) is 82.8 Å². The van der Waals surface area contributed by atoms with Crippen LogP contribution in [-0.2, 0) is 9.53 Å². The van der Waals surface area contributed by atoms with E-state index in [1.54, 1.807) is 32.4 Å². The van der Waals surface area contributed by atoms with Gasteiger partial charge in [0.25, 0.3) is 0 Å². The van der Waals surface area contributed by atoms with Crippen molar-refractivity contribution in [3.05, 3.63) is 18.2 Å². The molecule has 0 saturated carbocycles. The van der Waals surface area contributed by atoms with Gasteiger partial charge in [-0.2, -0.15) is 0 Å². The smallest absolute Gasteiger partial charge is 0.244 e. The van der Waals surface area contributed by atoms with Gasteiger partial charge in [-0.3, -0.25) is 4.79 Å². The first-order valence-electron chi connectivity index (χ1n) is 6.49. The van der Waals surface area contributed by atoms with Gasteiger partial charge in [0, 0.05) is 25.0 Å². The molecule has 6 nitrogen and oxygen atoms in total. The fourth-order valence-corrected chi connectivity index (χ4v) is 2.13. The summed E-state index contributed by atoms with van der Waals surface area (Å²) in [6.07, 6.45) is 1.04. The minimum absolute atomic E-state index is 0. The van der Waals surface area contributed by atoms with E-state index in [2.05, 4.69) is 5.32 Å². The number of carbonyl (C=O) groups is 1. The number of anilines is 1. The predicted octanol–water partition coefficient (Wildman–Crippen LogP) is 1.57. The van der Waals surface area contributed by atoms with Crippen LogP contribution in [0.3, 0.4) is 0 Å². The maximum atomic E-state index is 12.3. The van der Waals surface area contributed by atoms with E-state index in [0.29, 0.717) is 43.2 Å². The molecule has 1 amide bonds. The molecular formula is C14H21ClN2O4. The molecule has 1 fully saturated rings. The highest BCUT2D eigenvalue weighted by molar-refractivity contribution is 5.98. The van der Waals surface area contributed by atoms with E-state index >= 15 is 0 Å². The molecule has 1 aliphatic heterocycles. The Kier molecular flexibility index (Phi) is 6.26. The molecule has 1 aromatic rings. The lowest BCUT2D eigenvalue weighted by molar-refractivity contribution is -0.124. The number of amides is 1. The van der Waals surface area contributed by atoms with Crippen molar-refractivity contribution in [2.75, 3.05) is 32.8 Å². The third-order valence-electron chi connectivity index (χ3n) is 3.48. The van der Waals surface area contributed by atoms with E-state index in [4.69, 9.17) is 19.9 Å². The molecule has 0 aromatic heterocycles. The van der Waals surface area contributed by atoms with Crippen LogP contribution in [0.4, 0.5) is 5.69 Å². The second kappa shape index (κ2) is 7.49. The molecule has 2 rings (SSSR count). The normalized spacial score (nSPS) is 16.5. The number of rotatable bonds is 4. The number of nitrogens with one attached hydrogen (secondary N) is 1. The van der Waals surface area contributed by atoms with Gasteiger partial charge in [-0.25, -0.2) is 0 Å². The molecule has 0 radical (unpaired) electrons. The predicted molar refractivity (Wildman–Crippen MR) is 82.4 cm³/mol. The van der Waals surface area contributed by atoms with E-state index in [1.807, 2.05) is 0 Å². The molecule has 3 N–H and O–H groups in total. The summed E-state index contributed by atoms with van der Waals surface area (Å²) in [5.41, 5.74) is 5.89. The van der Waals surface area contributed by atoms with E-state index in [0.717, 1.165) is 0 Å². The highest BCUT2D eigenvalue weighted by atomic mass is 35.5. The molecule has 0 bridgehead atoms. The molecule has 7 heteroatoms. The zero-order chi connectivity index (χ0) is 14.6. The summed E-state index contributed by atoms with van der Waals surface area (Å²) in [6.45, 7) is 1.02. The van der Waals surface area contributed by atoms with Crippen LogP contribution >= 0.6 is 12.4 Å². The first-order chi connectivity index (χ1) is 9.59. The second-order valence-corrected chi connectivity index (χ2v) is 4.79. The van der Waals surface area contributed by atoms with Crippen molar-refractivity contribution in [3.63, 3.8) is 0 Å². The number of hydrogen-bond acceptors (Lipinski definition) is 5. The van der Waals surface area contributed by atoms with Crippen molar-refractivity contribution in [2.24, 2.45) is 5.73 Å². The van der Waals surface area contributed by atoms with Crippen LogP contribution in [0.15, 0.2) is 18.2 Å². The summed E-state index contributed by atoms with van der Waals surface area (Å²) in [6, 6.07) is 5.20. The van der Waals surface area contributed by atoms with E-state index in [1.165, 1.54) is 0 Å². The van der Waals surface area contributed by atoms with Crippen molar-refractivity contribution >= 4 is 24.0 Å². The molecule has 0 atom stereocenters. The van der Waals surface area contributed by atoms with Crippen molar-refractivity contribution in [2.45, 2.75) is 18.4 Å². The molecule has 0 spiro atoms. The highest BCUT2D eigenvalue weighted by Gasteiger charge is 2.35. The standard InChI is InChI=1S/C14H20N2O4.ClH/c1-18-11-4-3-10(9-12(11)19-2)16-13(17)14(15)5-7-20-8-6-14;/h3-4,9H,5-8,15H2,1-2H3,(H,16,17);1H. The van der Waals surface area contributed by atoms with Crippen LogP contribution in [-0.4, -0.2) is 38.9 Å². The van der Waals surface area contributed by atoms with Crippen molar-refractivity contribution in [1.82, 2.24) is 0 Å². The molecule has 1 saturated heterocycles. The SMILES string of the molecule is COc1ccc(NC(=O)C2(N)CCOCC2)cc1OC.Cl. The van der Waals surface area contributed by atoms with Crippen LogP contribution in [0.25, 0.3) is 0 Å². The highest BCUT2D eigenvalue weighted by Crippen LogP contribution is 2.30. The van der Waals surface area contributed by atoms with Gasteiger partial charge in [-0.15, -0.1) is 12.4 Å². The lowest BCUT2D eigenvalue weighted by Crippen LogP contribution is -2.54. The zero-order valence-electron chi connectivity index (χ0n) is 12.2. The fraction of sp³-hybridized carbons (Fsp3) is 0.500. The third-order valence-corrected chi connectivity index (χ3v) is 3.48. The fourth-order valence-electron chi connectivity index (χ4n) is 2.13. The number of nitrogens with two attached hydrogens (primary N) is 1. The van der Waals surface area contributed by atoms with Crippen LogP contribution in [0.2, 0.25) is 0 Å². The van der Waals surface area contributed by atoms with E-state index in [9.17, 15) is 4.79 Å². The Bertz CT molecular complexity index is 490. The van der Waals surface area contributed by atoms with E-state index in [-0.39, 0.29) is 18.3 Å². The van der Waals surface area contributed by atoms with Gasteiger partial charge in [-0.05, 0) is 25.0 Å². The van der Waals surface area contributed by atoms with Crippen molar-refractivity contribution in [1.29, 1.82) is 0 Å². The Balaban J connectivity index is 0.00000220. The average Bonchev–Trinajstić information content (AvgIpc) is 2.47. The Hall–Kier alpha value is -1.50. The van der Waals surface area contributed by atoms with Crippen LogP contribution < -0.4 is 20.5 Å². The van der Waals surface area contributed by atoms with Crippen LogP contribution in [0.5, 0.6) is 11.5 Å². The first kappa shape index (κ1) is 17.6. The maximum Gasteiger partial charge on any atom is 0.244 e. The Morgan fingerprint density at radius 2 is 1.86 bits per heavy atom. The number of carbonyl (C=O) groups excluding carboxylic acids is 1. The third kappa shape index (κ3) is 4.00. The van der Waals surface area contributed by atoms with Gasteiger partial charge in [0.1, 0.15) is 5.54 Å². The Labute approximate surface area is 130 Å². The minimum Gasteiger partial charge on any atom is -0.493 e. The van der Waals surface area contributed by atoms with Crippen molar-refractivity contribution < 1.29 is 19.0 Å². The zero-order valence-corrected chi connectivity index (χ0v) is 13.0. The molecule has 21 heavy (non-hydrogen) atoms. The average molecular weight is 317 g/mol. The molecular weight excluding hydrogens is 296 g/mol. The van der Waals surface area contributed by atoms with Gasteiger partial charge >= 0.3 is 0 Å². The van der Waals surface area contributed by atoms with Gasteiger partial charge in [-0.1, -0.05) is 0 Å². The van der Waals surface area contributed by atoms with Gasteiger partial charge in [0.2, 0.25) is 5.91 Å². The summed E-state index contributed by atoms with van der Waals surface area (Å²) in [4.78, 5) is 12.3. The van der Waals surface area contributed by atoms with Gasteiger partial charge in [0.15, 0.2) is 11.5 Å². The first-order valence-corrected chi connectivity index (χ1v) is 6.49. The number of halogens is 1. The van der Waals surface area contributed by atoms with Gasteiger partial charge in [0.05, 0.1) is 14.2 Å². The summed E-state index contributed by atoms with van der Waals surface area (Å²) in [7, 11) is 3.11. The molecule has 0 unspecified atom stereocenters. The quantitative estimate of drug-likeness (QED) is 0.881. The second-order valence-electron chi connectivity index (χ2n) is 4.79. The van der Waals surface area contributed by atoms with Crippen molar-refractivity contribution in [3.8, 4) is 11.5 Å². The van der Waals surface area contributed by atoms with Crippen LogP contribution in [0, 0.1) is 0 Å². The molecule has 118 valence electrons. The monoisotopic (exact) mass is 316 g/mol. The number of hydrogen-bond donors (Lipinski definition) is 2. The molecule has 1 aliphatic rings. The van der Waals surface area contributed by atoms with Crippen LogP contribution in [0.1, 0.15) is 12.8 Å². The summed E-state index contributed by atoms with van der Waals surface area (Å²) in [5.74, 6) is 0.968. The van der Waals surface area contributed by atoms with Gasteiger partial charge < -0.3 is 25.3 Å². The molecule has 1 aromatic carbocycles. The molecule has 1 heterocycles. The Morgan fingerprint density at radius 1 is 1.24 bits per heavy atom. The number of ether oxygens (including phenoxy) is 3.